The fraction of sp³-hybridized carbons (Fsp3) is 0.655. The van der Waals surface area contributed by atoms with Crippen LogP contribution in [0.25, 0.3) is 0 Å². The Labute approximate surface area is 242 Å². The third kappa shape index (κ3) is 14.1. The lowest BCUT2D eigenvalue weighted by Gasteiger charge is -2.29. The summed E-state index contributed by atoms with van der Waals surface area (Å²) >= 11 is 0. The number of esters is 1. The first-order valence-electron chi connectivity index (χ1n) is 14.1. The van der Waals surface area contributed by atoms with Crippen LogP contribution in [0.15, 0.2) is 18.2 Å². The average molecular weight is 584 g/mol. The normalized spacial score (nSPS) is 12.8. The van der Waals surface area contributed by atoms with Crippen LogP contribution in [-0.4, -0.2) is 63.0 Å². The molecular weight excluding hydrogens is 538 g/mol. The van der Waals surface area contributed by atoms with Gasteiger partial charge in [0.25, 0.3) is 0 Å². The largest absolute Gasteiger partial charge is 0.513 e. The summed E-state index contributed by atoms with van der Waals surface area (Å²) in [4.78, 5) is 49.2. The Kier molecular flexibility index (Phi) is 16.9. The van der Waals surface area contributed by atoms with Gasteiger partial charge in [-0.3, -0.25) is 4.79 Å². The maximum absolute atomic E-state index is 12.7. The molecule has 0 aliphatic carbocycles. The predicted molar refractivity (Wildman–Crippen MR) is 149 cm³/mol. The molecule has 232 valence electrons. The highest BCUT2D eigenvalue weighted by Crippen LogP contribution is 2.31. The van der Waals surface area contributed by atoms with Gasteiger partial charge >= 0.3 is 24.4 Å². The number of hydrogen-bond donors (Lipinski definition) is 1. The molecule has 0 aliphatic heterocycles. The SMILES string of the molecule is CCCCCOC(=O)O[C@@H](C)CC(N)(Cc1ccc(OC(=O)OCCCC)c(OC(=O)OCCCC)c1)C(=O)OC. The van der Waals surface area contributed by atoms with E-state index in [1.165, 1.54) is 19.2 Å². The van der Waals surface area contributed by atoms with Gasteiger partial charge in [0.1, 0.15) is 11.6 Å². The Morgan fingerprint density at radius 3 is 1.88 bits per heavy atom. The van der Waals surface area contributed by atoms with Crippen molar-refractivity contribution in [1.82, 2.24) is 0 Å². The van der Waals surface area contributed by atoms with Gasteiger partial charge in [-0.05, 0) is 43.9 Å². The lowest BCUT2D eigenvalue weighted by Crippen LogP contribution is -2.53. The molecule has 0 fully saturated rings. The first-order valence-corrected chi connectivity index (χ1v) is 14.1. The van der Waals surface area contributed by atoms with E-state index in [0.29, 0.717) is 18.4 Å². The summed E-state index contributed by atoms with van der Waals surface area (Å²) in [6.07, 6.45) is 1.75. The number of hydrogen-bond acceptors (Lipinski definition) is 12. The number of methoxy groups -OCH3 is 1. The maximum atomic E-state index is 12.7. The van der Waals surface area contributed by atoms with Crippen LogP contribution in [0.2, 0.25) is 0 Å². The van der Waals surface area contributed by atoms with Crippen molar-refractivity contribution in [1.29, 1.82) is 0 Å². The minimum Gasteiger partial charge on any atom is -0.468 e. The first kappa shape index (κ1) is 35.5. The molecule has 0 bridgehead atoms. The van der Waals surface area contributed by atoms with E-state index in [4.69, 9.17) is 38.9 Å². The third-order valence-corrected chi connectivity index (χ3v) is 5.86. The highest BCUT2D eigenvalue weighted by atomic mass is 16.7. The van der Waals surface area contributed by atoms with Crippen LogP contribution in [0.1, 0.15) is 84.6 Å². The van der Waals surface area contributed by atoms with Gasteiger partial charge in [-0.15, -0.1) is 0 Å². The van der Waals surface area contributed by atoms with Crippen molar-refractivity contribution < 1.29 is 52.3 Å². The second-order valence-electron chi connectivity index (χ2n) is 9.65. The van der Waals surface area contributed by atoms with Gasteiger partial charge < -0.3 is 38.9 Å². The summed E-state index contributed by atoms with van der Waals surface area (Å²) in [5, 5.41) is 0. The van der Waals surface area contributed by atoms with Gasteiger partial charge in [0.2, 0.25) is 0 Å². The summed E-state index contributed by atoms with van der Waals surface area (Å²) < 4.78 is 35.9. The molecule has 0 heterocycles. The van der Waals surface area contributed by atoms with E-state index in [9.17, 15) is 19.2 Å². The van der Waals surface area contributed by atoms with E-state index in [2.05, 4.69) is 0 Å². The fourth-order valence-corrected chi connectivity index (χ4v) is 3.72. The molecule has 0 aliphatic rings. The minimum absolute atomic E-state index is 0.0918. The van der Waals surface area contributed by atoms with Crippen molar-refractivity contribution in [2.75, 3.05) is 26.9 Å². The number of rotatable bonds is 18. The van der Waals surface area contributed by atoms with Gasteiger partial charge in [-0.1, -0.05) is 52.5 Å². The van der Waals surface area contributed by atoms with Crippen molar-refractivity contribution in [2.45, 2.75) is 97.1 Å². The van der Waals surface area contributed by atoms with Gasteiger partial charge in [-0.2, -0.15) is 0 Å². The topological polar surface area (TPSA) is 159 Å². The number of nitrogens with two attached hydrogens (primary N) is 1. The molecule has 0 spiro atoms. The molecule has 0 amide bonds. The van der Waals surface area contributed by atoms with Crippen molar-refractivity contribution in [2.24, 2.45) is 5.73 Å². The number of carbonyl (C=O) groups excluding carboxylic acids is 4. The van der Waals surface area contributed by atoms with Crippen molar-refractivity contribution in [3.63, 3.8) is 0 Å². The van der Waals surface area contributed by atoms with Crippen LogP contribution >= 0.6 is 0 Å². The summed E-state index contributed by atoms with van der Waals surface area (Å²) in [6, 6.07) is 4.33. The van der Waals surface area contributed by atoms with Gasteiger partial charge in [-0.25, -0.2) is 14.4 Å². The van der Waals surface area contributed by atoms with E-state index in [1.807, 2.05) is 20.8 Å². The Morgan fingerprint density at radius 1 is 0.780 bits per heavy atom. The molecule has 1 aromatic rings. The molecule has 2 atom stereocenters. The van der Waals surface area contributed by atoms with Crippen LogP contribution in [0.4, 0.5) is 14.4 Å². The van der Waals surface area contributed by atoms with E-state index in [0.717, 1.165) is 32.1 Å². The number of ether oxygens (including phenoxy) is 7. The zero-order valence-corrected chi connectivity index (χ0v) is 24.9. The maximum Gasteiger partial charge on any atom is 0.513 e. The van der Waals surface area contributed by atoms with Crippen molar-refractivity contribution in [3.8, 4) is 11.5 Å². The summed E-state index contributed by atoms with van der Waals surface area (Å²) in [5.74, 6) is -0.972. The third-order valence-electron chi connectivity index (χ3n) is 5.86. The second-order valence-corrected chi connectivity index (χ2v) is 9.65. The van der Waals surface area contributed by atoms with E-state index < -0.39 is 36.1 Å². The highest BCUT2D eigenvalue weighted by Gasteiger charge is 2.38. The molecule has 1 aromatic carbocycles. The zero-order valence-electron chi connectivity index (χ0n) is 24.9. The molecule has 0 saturated heterocycles. The zero-order chi connectivity index (χ0) is 30.7. The Hall–Kier alpha value is -3.54. The molecule has 0 aromatic heterocycles. The summed E-state index contributed by atoms with van der Waals surface area (Å²) in [5.41, 5.74) is 5.29. The standard InChI is InChI=1S/C29H45NO11/c1-6-9-12-17-38-26(32)39-21(4)19-29(30,25(31)35-5)20-22-13-14-23(40-27(33)36-15-10-7-2)24(18-22)41-28(34)37-16-11-8-3/h13-14,18,21H,6-12,15-17,19-20,30H2,1-5H3/t21-,29?/m0/s1. The molecule has 41 heavy (non-hydrogen) atoms. The second kappa shape index (κ2) is 19.5. The van der Waals surface area contributed by atoms with Crippen LogP contribution in [-0.2, 0) is 34.9 Å². The molecule has 0 saturated carbocycles. The average Bonchev–Trinajstić information content (AvgIpc) is 2.92. The van der Waals surface area contributed by atoms with Crippen LogP contribution in [0.5, 0.6) is 11.5 Å². The van der Waals surface area contributed by atoms with Crippen molar-refractivity contribution in [3.05, 3.63) is 23.8 Å². The molecule has 1 unspecified atom stereocenters. The van der Waals surface area contributed by atoms with Crippen LogP contribution in [0, 0.1) is 0 Å². The van der Waals surface area contributed by atoms with Crippen LogP contribution in [0.3, 0.4) is 0 Å². The quantitative estimate of drug-likeness (QED) is 0.0951. The summed E-state index contributed by atoms with van der Waals surface area (Å²) in [7, 11) is 1.19. The fourth-order valence-electron chi connectivity index (χ4n) is 3.72. The van der Waals surface area contributed by atoms with E-state index in [1.54, 1.807) is 13.0 Å². The molecule has 2 N–H and O–H groups in total. The Morgan fingerprint density at radius 2 is 1.32 bits per heavy atom. The number of benzene rings is 1. The lowest BCUT2D eigenvalue weighted by atomic mass is 9.86. The molecule has 12 nitrogen and oxygen atoms in total. The van der Waals surface area contributed by atoms with Crippen molar-refractivity contribution >= 4 is 24.4 Å². The van der Waals surface area contributed by atoms with Gasteiger partial charge in [0.15, 0.2) is 11.5 Å². The minimum atomic E-state index is -1.63. The van der Waals surface area contributed by atoms with E-state index >= 15 is 0 Å². The van der Waals surface area contributed by atoms with Gasteiger partial charge in [0.05, 0.1) is 26.9 Å². The molecular formula is C29H45NO11. The predicted octanol–water partition coefficient (Wildman–Crippen LogP) is 5.85. The molecule has 12 heteroatoms. The Balaban J connectivity index is 3.10. The Bertz CT molecular complexity index is 968. The molecule has 1 rings (SSSR count). The first-order chi connectivity index (χ1) is 19.6. The molecule has 0 radical (unpaired) electrons. The number of unbranched alkanes of at least 4 members (excludes halogenated alkanes) is 4. The smallest absolute Gasteiger partial charge is 0.468 e. The highest BCUT2D eigenvalue weighted by molar-refractivity contribution is 5.81. The summed E-state index contributed by atoms with van der Waals surface area (Å²) in [6.45, 7) is 8.06. The van der Waals surface area contributed by atoms with Crippen LogP contribution < -0.4 is 15.2 Å². The lowest BCUT2D eigenvalue weighted by molar-refractivity contribution is -0.148. The number of carbonyl (C=O) groups is 4. The van der Waals surface area contributed by atoms with Gasteiger partial charge in [0, 0.05) is 12.8 Å². The van der Waals surface area contributed by atoms with E-state index in [-0.39, 0.29) is 44.2 Å². The monoisotopic (exact) mass is 583 g/mol.